The fraction of sp³-hybridized carbons (Fsp3) is 0.900. The minimum Gasteiger partial charge on any atom is -0.374 e. The highest BCUT2D eigenvalue weighted by atomic mass is 16.5. The molecule has 1 rings (SSSR count). The molecule has 3 heteroatoms. The van der Waals surface area contributed by atoms with Crippen LogP contribution in [0.15, 0.2) is 0 Å². The Morgan fingerprint density at radius 3 is 2.31 bits per heavy atom. The second kappa shape index (κ2) is 4.09. The van der Waals surface area contributed by atoms with Gasteiger partial charge in [-0.25, -0.2) is 0 Å². The number of carbonyl (C=O) groups is 1. The van der Waals surface area contributed by atoms with Crippen LogP contribution < -0.4 is 5.32 Å². The highest BCUT2D eigenvalue weighted by molar-refractivity contribution is 5.79. The molecular weight excluding hydrogens is 166 g/mol. The first-order chi connectivity index (χ1) is 6.07. The van der Waals surface area contributed by atoms with Crippen LogP contribution in [0.25, 0.3) is 0 Å². The molecule has 0 saturated carbocycles. The zero-order valence-corrected chi connectivity index (χ0v) is 8.83. The molecule has 0 radical (unpaired) electrons. The van der Waals surface area contributed by atoms with Crippen molar-refractivity contribution in [3.8, 4) is 0 Å². The van der Waals surface area contributed by atoms with Gasteiger partial charge in [0.25, 0.3) is 0 Å². The fourth-order valence-corrected chi connectivity index (χ4v) is 2.01. The van der Waals surface area contributed by atoms with Gasteiger partial charge < -0.3 is 10.1 Å². The molecule has 76 valence electrons. The lowest BCUT2D eigenvalue weighted by atomic mass is 9.89. The average Bonchev–Trinajstić information content (AvgIpc) is 2.27. The van der Waals surface area contributed by atoms with E-state index in [2.05, 4.69) is 12.2 Å². The molecule has 1 heterocycles. The van der Waals surface area contributed by atoms with Crippen LogP contribution in [0.4, 0.5) is 0 Å². The van der Waals surface area contributed by atoms with Gasteiger partial charge in [-0.1, -0.05) is 6.92 Å². The van der Waals surface area contributed by atoms with E-state index >= 15 is 0 Å². The van der Waals surface area contributed by atoms with E-state index in [4.69, 9.17) is 4.74 Å². The van der Waals surface area contributed by atoms with E-state index in [1.165, 1.54) is 0 Å². The van der Waals surface area contributed by atoms with E-state index in [0.717, 1.165) is 0 Å². The molecule has 1 amide bonds. The van der Waals surface area contributed by atoms with Gasteiger partial charge in [-0.3, -0.25) is 4.79 Å². The molecule has 1 saturated heterocycles. The molecule has 1 fully saturated rings. The van der Waals surface area contributed by atoms with Crippen LogP contribution in [0.3, 0.4) is 0 Å². The summed E-state index contributed by atoms with van der Waals surface area (Å²) in [6, 6.07) is 0. The lowest BCUT2D eigenvalue weighted by molar-refractivity contribution is -0.127. The second-order valence-electron chi connectivity index (χ2n) is 3.83. The predicted molar refractivity (Wildman–Crippen MR) is 51.3 cm³/mol. The van der Waals surface area contributed by atoms with Gasteiger partial charge in [0.05, 0.1) is 18.1 Å². The molecule has 0 bridgehead atoms. The summed E-state index contributed by atoms with van der Waals surface area (Å²) in [5.41, 5.74) is 0. The standard InChI is InChI=1S/C10H19NO2/c1-5-11-10(12)9-6(2)7(3)13-8(9)4/h6-9H,5H2,1-4H3,(H,11,12). The summed E-state index contributed by atoms with van der Waals surface area (Å²) in [4.78, 5) is 11.6. The Morgan fingerprint density at radius 2 is 1.92 bits per heavy atom. The lowest BCUT2D eigenvalue weighted by Gasteiger charge is -2.16. The van der Waals surface area contributed by atoms with Crippen molar-refractivity contribution < 1.29 is 9.53 Å². The summed E-state index contributed by atoms with van der Waals surface area (Å²) in [5.74, 6) is 0.475. The van der Waals surface area contributed by atoms with Crippen molar-refractivity contribution in [2.45, 2.75) is 39.9 Å². The summed E-state index contributed by atoms with van der Waals surface area (Å²) in [6.07, 6.45) is 0.249. The summed E-state index contributed by atoms with van der Waals surface area (Å²) < 4.78 is 5.59. The predicted octanol–water partition coefficient (Wildman–Crippen LogP) is 1.18. The number of amides is 1. The van der Waals surface area contributed by atoms with Gasteiger partial charge in [0.15, 0.2) is 0 Å². The molecule has 0 aromatic carbocycles. The minimum atomic E-state index is 0.0231. The van der Waals surface area contributed by atoms with Gasteiger partial charge in [0.2, 0.25) is 5.91 Å². The normalized spacial score (nSPS) is 39.1. The Morgan fingerprint density at radius 1 is 1.31 bits per heavy atom. The molecule has 13 heavy (non-hydrogen) atoms. The molecule has 1 aliphatic rings. The maximum atomic E-state index is 11.6. The number of hydrogen-bond donors (Lipinski definition) is 1. The molecule has 3 nitrogen and oxygen atoms in total. The molecule has 4 unspecified atom stereocenters. The summed E-state index contributed by atoms with van der Waals surface area (Å²) >= 11 is 0. The van der Waals surface area contributed by atoms with Crippen molar-refractivity contribution in [1.29, 1.82) is 0 Å². The Bertz CT molecular complexity index is 193. The zero-order chi connectivity index (χ0) is 10.0. The van der Waals surface area contributed by atoms with Crippen molar-refractivity contribution in [2.24, 2.45) is 11.8 Å². The summed E-state index contributed by atoms with van der Waals surface area (Å²) in [5, 5.41) is 2.85. The van der Waals surface area contributed by atoms with Crippen LogP contribution in [0.1, 0.15) is 27.7 Å². The molecule has 4 atom stereocenters. The third-order valence-electron chi connectivity index (χ3n) is 2.90. The number of hydrogen-bond acceptors (Lipinski definition) is 2. The second-order valence-corrected chi connectivity index (χ2v) is 3.83. The van der Waals surface area contributed by atoms with Gasteiger partial charge in [-0.05, 0) is 26.7 Å². The van der Waals surface area contributed by atoms with E-state index in [0.29, 0.717) is 12.5 Å². The highest BCUT2D eigenvalue weighted by Gasteiger charge is 2.41. The monoisotopic (exact) mass is 185 g/mol. The van der Waals surface area contributed by atoms with Crippen molar-refractivity contribution in [3.63, 3.8) is 0 Å². The lowest BCUT2D eigenvalue weighted by Crippen LogP contribution is -2.37. The maximum absolute atomic E-state index is 11.6. The largest absolute Gasteiger partial charge is 0.374 e. The molecular formula is C10H19NO2. The first-order valence-electron chi connectivity index (χ1n) is 5.01. The first kappa shape index (κ1) is 10.5. The summed E-state index contributed by atoms with van der Waals surface area (Å²) in [7, 11) is 0. The quantitative estimate of drug-likeness (QED) is 0.701. The Kier molecular flexibility index (Phi) is 3.31. The summed E-state index contributed by atoms with van der Waals surface area (Å²) in [6.45, 7) is 8.71. The van der Waals surface area contributed by atoms with Crippen LogP contribution in [0, 0.1) is 11.8 Å². The maximum Gasteiger partial charge on any atom is 0.226 e. The van der Waals surface area contributed by atoms with Crippen molar-refractivity contribution >= 4 is 5.91 Å². The van der Waals surface area contributed by atoms with Crippen molar-refractivity contribution in [3.05, 3.63) is 0 Å². The third-order valence-corrected chi connectivity index (χ3v) is 2.90. The van der Waals surface area contributed by atoms with Gasteiger partial charge in [-0.15, -0.1) is 0 Å². The topological polar surface area (TPSA) is 38.3 Å². The average molecular weight is 185 g/mol. The van der Waals surface area contributed by atoms with Crippen LogP contribution in [-0.2, 0) is 9.53 Å². The van der Waals surface area contributed by atoms with E-state index in [9.17, 15) is 4.79 Å². The van der Waals surface area contributed by atoms with E-state index in [1.807, 2.05) is 20.8 Å². The Balaban J connectivity index is 2.62. The molecule has 0 aromatic rings. The molecule has 1 aliphatic heterocycles. The number of ether oxygens (including phenoxy) is 1. The van der Waals surface area contributed by atoms with Crippen LogP contribution in [0.5, 0.6) is 0 Å². The Labute approximate surface area is 79.8 Å². The van der Waals surface area contributed by atoms with Gasteiger partial charge in [0.1, 0.15) is 0 Å². The van der Waals surface area contributed by atoms with E-state index in [1.54, 1.807) is 0 Å². The molecule has 0 spiro atoms. The van der Waals surface area contributed by atoms with Crippen molar-refractivity contribution in [1.82, 2.24) is 5.32 Å². The van der Waals surface area contributed by atoms with Crippen LogP contribution in [-0.4, -0.2) is 24.7 Å². The molecule has 0 aromatic heterocycles. The zero-order valence-electron chi connectivity index (χ0n) is 8.83. The van der Waals surface area contributed by atoms with Gasteiger partial charge in [-0.2, -0.15) is 0 Å². The smallest absolute Gasteiger partial charge is 0.226 e. The van der Waals surface area contributed by atoms with E-state index < -0.39 is 0 Å². The highest BCUT2D eigenvalue weighted by Crippen LogP contribution is 2.31. The molecule has 1 N–H and O–H groups in total. The fourth-order valence-electron chi connectivity index (χ4n) is 2.01. The number of carbonyl (C=O) groups excluding carboxylic acids is 1. The number of nitrogens with one attached hydrogen (secondary N) is 1. The first-order valence-corrected chi connectivity index (χ1v) is 5.01. The number of rotatable bonds is 2. The van der Waals surface area contributed by atoms with Gasteiger partial charge >= 0.3 is 0 Å². The minimum absolute atomic E-state index is 0.0231. The Hall–Kier alpha value is -0.570. The van der Waals surface area contributed by atoms with Crippen LogP contribution in [0.2, 0.25) is 0 Å². The molecule has 0 aliphatic carbocycles. The SMILES string of the molecule is CCNC(=O)C1C(C)OC(C)C1C. The van der Waals surface area contributed by atoms with Crippen molar-refractivity contribution in [2.75, 3.05) is 6.54 Å². The third kappa shape index (κ3) is 2.02. The van der Waals surface area contributed by atoms with Gasteiger partial charge in [0, 0.05) is 6.54 Å². The van der Waals surface area contributed by atoms with Crippen LogP contribution >= 0.6 is 0 Å². The van der Waals surface area contributed by atoms with E-state index in [-0.39, 0.29) is 24.0 Å².